The molecule has 0 unspecified atom stereocenters. The van der Waals surface area contributed by atoms with Crippen LogP contribution in [0.3, 0.4) is 0 Å². The molecule has 21 heavy (non-hydrogen) atoms. The first-order valence-corrected chi connectivity index (χ1v) is 7.00. The number of nitrogen functional groups attached to an aromatic ring is 1. The predicted octanol–water partition coefficient (Wildman–Crippen LogP) is 1.92. The molecule has 110 valence electrons. The largest absolute Gasteiger partial charge is 0.480 e. The van der Waals surface area contributed by atoms with Crippen LogP contribution in [-0.4, -0.2) is 32.0 Å². The second kappa shape index (κ2) is 5.23. The number of hydrogen-bond donors (Lipinski definition) is 1. The lowest BCUT2D eigenvalue weighted by Gasteiger charge is -2.12. The topological polar surface area (TPSA) is 99.7 Å². The van der Waals surface area contributed by atoms with Gasteiger partial charge in [-0.1, -0.05) is 13.8 Å². The highest BCUT2D eigenvalue weighted by atomic mass is 16.5. The molecule has 0 amide bonds. The summed E-state index contributed by atoms with van der Waals surface area (Å²) in [5.74, 6) is 2.42. The molecule has 2 aromatic heterocycles. The first-order chi connectivity index (χ1) is 10.1. The lowest BCUT2D eigenvalue weighted by Crippen LogP contribution is -2.09. The van der Waals surface area contributed by atoms with Crippen LogP contribution in [0.2, 0.25) is 0 Å². The van der Waals surface area contributed by atoms with E-state index in [4.69, 9.17) is 10.5 Å². The summed E-state index contributed by atoms with van der Waals surface area (Å²) in [5.41, 5.74) is 7.49. The molecule has 7 heteroatoms. The average molecular weight is 286 g/mol. The van der Waals surface area contributed by atoms with Crippen LogP contribution in [0.1, 0.15) is 50.0 Å². The molecule has 2 N–H and O–H groups in total. The molecule has 1 fully saturated rings. The fourth-order valence-electron chi connectivity index (χ4n) is 2.19. The molecule has 1 saturated carbocycles. The van der Waals surface area contributed by atoms with Crippen LogP contribution in [0.4, 0.5) is 5.95 Å². The van der Waals surface area contributed by atoms with E-state index in [1.54, 1.807) is 7.11 Å². The van der Waals surface area contributed by atoms with Gasteiger partial charge in [0, 0.05) is 11.8 Å². The van der Waals surface area contributed by atoms with Gasteiger partial charge in [0.1, 0.15) is 17.7 Å². The van der Waals surface area contributed by atoms with Gasteiger partial charge in [0.15, 0.2) is 5.82 Å². The van der Waals surface area contributed by atoms with Crippen molar-refractivity contribution in [3.05, 3.63) is 17.8 Å². The van der Waals surface area contributed by atoms with Crippen molar-refractivity contribution in [1.82, 2.24) is 24.9 Å². The Morgan fingerprint density at radius 1 is 1.19 bits per heavy atom. The quantitative estimate of drug-likeness (QED) is 0.916. The Morgan fingerprint density at radius 3 is 2.57 bits per heavy atom. The van der Waals surface area contributed by atoms with Gasteiger partial charge in [-0.05, 0) is 12.8 Å². The second-order valence-corrected chi connectivity index (χ2v) is 5.45. The Balaban J connectivity index is 2.19. The maximum absolute atomic E-state index is 5.82. The van der Waals surface area contributed by atoms with E-state index in [2.05, 4.69) is 24.9 Å². The third-order valence-electron chi connectivity index (χ3n) is 3.41. The third kappa shape index (κ3) is 2.63. The number of nitrogens with zero attached hydrogens (tertiary/aromatic N) is 5. The van der Waals surface area contributed by atoms with E-state index in [0.717, 1.165) is 24.1 Å². The van der Waals surface area contributed by atoms with Crippen molar-refractivity contribution in [2.24, 2.45) is 0 Å². The highest BCUT2D eigenvalue weighted by molar-refractivity contribution is 5.66. The summed E-state index contributed by atoms with van der Waals surface area (Å²) < 4.78 is 5.37. The third-order valence-corrected chi connectivity index (χ3v) is 3.41. The zero-order valence-electron chi connectivity index (χ0n) is 12.4. The van der Waals surface area contributed by atoms with E-state index >= 15 is 0 Å². The lowest BCUT2D eigenvalue weighted by molar-refractivity contribution is 0.397. The summed E-state index contributed by atoms with van der Waals surface area (Å²) in [5, 5.41) is 0. The average Bonchev–Trinajstić information content (AvgIpc) is 3.30. The van der Waals surface area contributed by atoms with Crippen molar-refractivity contribution < 1.29 is 4.74 Å². The zero-order chi connectivity index (χ0) is 15.0. The first kappa shape index (κ1) is 13.7. The monoisotopic (exact) mass is 286 g/mol. The van der Waals surface area contributed by atoms with Crippen LogP contribution in [0.5, 0.6) is 5.88 Å². The van der Waals surface area contributed by atoms with Gasteiger partial charge in [-0.25, -0.2) is 15.0 Å². The van der Waals surface area contributed by atoms with Crippen LogP contribution in [0, 0.1) is 0 Å². The maximum atomic E-state index is 5.82. The highest BCUT2D eigenvalue weighted by Crippen LogP contribution is 2.44. The summed E-state index contributed by atoms with van der Waals surface area (Å²) in [6.07, 6.45) is 3.75. The normalized spacial score (nSPS) is 14.5. The Morgan fingerprint density at radius 2 is 1.95 bits per heavy atom. The highest BCUT2D eigenvalue weighted by Gasteiger charge is 2.31. The van der Waals surface area contributed by atoms with Crippen LogP contribution in [0.25, 0.3) is 11.4 Å². The molecule has 0 atom stereocenters. The van der Waals surface area contributed by atoms with Crippen LogP contribution >= 0.6 is 0 Å². The SMILES string of the molecule is COc1ncnc(C2CC2)c1-c1nc(N)nc(C(C)C)n1. The van der Waals surface area contributed by atoms with Crippen molar-refractivity contribution in [3.63, 3.8) is 0 Å². The van der Waals surface area contributed by atoms with Gasteiger partial charge in [-0.3, -0.25) is 0 Å². The Kier molecular flexibility index (Phi) is 3.40. The van der Waals surface area contributed by atoms with Gasteiger partial charge in [-0.2, -0.15) is 9.97 Å². The molecule has 1 aliphatic rings. The van der Waals surface area contributed by atoms with Gasteiger partial charge in [0.2, 0.25) is 11.8 Å². The Labute approximate surface area is 123 Å². The number of nitrogens with two attached hydrogens (primary N) is 1. The van der Waals surface area contributed by atoms with Crippen molar-refractivity contribution in [1.29, 1.82) is 0 Å². The zero-order valence-corrected chi connectivity index (χ0v) is 12.4. The van der Waals surface area contributed by atoms with E-state index in [9.17, 15) is 0 Å². The number of methoxy groups -OCH3 is 1. The van der Waals surface area contributed by atoms with Crippen molar-refractivity contribution in [3.8, 4) is 17.3 Å². The summed E-state index contributed by atoms with van der Waals surface area (Å²) in [6.45, 7) is 4.03. The van der Waals surface area contributed by atoms with Gasteiger partial charge in [0.25, 0.3) is 0 Å². The van der Waals surface area contributed by atoms with Crippen molar-refractivity contribution in [2.75, 3.05) is 12.8 Å². The smallest absolute Gasteiger partial charge is 0.227 e. The van der Waals surface area contributed by atoms with Crippen LogP contribution in [0.15, 0.2) is 6.33 Å². The van der Waals surface area contributed by atoms with E-state index in [1.165, 1.54) is 6.33 Å². The molecule has 0 spiro atoms. The molecule has 0 bridgehead atoms. The molecule has 3 rings (SSSR count). The van der Waals surface area contributed by atoms with Crippen molar-refractivity contribution in [2.45, 2.75) is 38.5 Å². The summed E-state index contributed by atoms with van der Waals surface area (Å²) >= 11 is 0. The van der Waals surface area contributed by atoms with E-state index in [-0.39, 0.29) is 11.9 Å². The lowest BCUT2D eigenvalue weighted by atomic mass is 10.1. The Hall–Kier alpha value is -2.31. The summed E-state index contributed by atoms with van der Waals surface area (Å²) in [6, 6.07) is 0. The molecular formula is C14H18N6O. The van der Waals surface area contributed by atoms with Gasteiger partial charge >= 0.3 is 0 Å². The summed E-state index contributed by atoms with van der Waals surface area (Å²) in [7, 11) is 1.58. The van der Waals surface area contributed by atoms with Gasteiger partial charge < -0.3 is 10.5 Å². The van der Waals surface area contributed by atoms with Crippen LogP contribution in [-0.2, 0) is 0 Å². The number of anilines is 1. The van der Waals surface area contributed by atoms with E-state index in [1.807, 2.05) is 13.8 Å². The number of aromatic nitrogens is 5. The number of ether oxygens (including phenoxy) is 1. The predicted molar refractivity (Wildman–Crippen MR) is 77.9 cm³/mol. The van der Waals surface area contributed by atoms with Crippen LogP contribution < -0.4 is 10.5 Å². The molecule has 0 radical (unpaired) electrons. The second-order valence-electron chi connectivity index (χ2n) is 5.45. The molecule has 0 aromatic carbocycles. The number of hydrogen-bond acceptors (Lipinski definition) is 7. The summed E-state index contributed by atoms with van der Waals surface area (Å²) in [4.78, 5) is 21.5. The standard InChI is InChI=1S/C14H18N6O/c1-7(2)11-18-12(20-14(15)19-11)9-10(8-4-5-8)16-6-17-13(9)21-3/h6-8H,4-5H2,1-3H3,(H2,15,18,19,20). The van der Waals surface area contributed by atoms with Crippen molar-refractivity contribution >= 4 is 5.95 Å². The molecule has 0 saturated heterocycles. The molecule has 0 aliphatic heterocycles. The maximum Gasteiger partial charge on any atom is 0.227 e. The van der Waals surface area contributed by atoms with Gasteiger partial charge in [0.05, 0.1) is 12.8 Å². The minimum atomic E-state index is 0.161. The number of rotatable bonds is 4. The van der Waals surface area contributed by atoms with Gasteiger partial charge in [-0.15, -0.1) is 0 Å². The fourth-order valence-corrected chi connectivity index (χ4v) is 2.19. The van der Waals surface area contributed by atoms with E-state index < -0.39 is 0 Å². The minimum absolute atomic E-state index is 0.161. The molecule has 2 heterocycles. The first-order valence-electron chi connectivity index (χ1n) is 7.00. The minimum Gasteiger partial charge on any atom is -0.480 e. The van der Waals surface area contributed by atoms with E-state index in [0.29, 0.717) is 23.4 Å². The fraction of sp³-hybridized carbons (Fsp3) is 0.500. The molecule has 2 aromatic rings. The Bertz CT molecular complexity index is 669. The molecule has 1 aliphatic carbocycles. The molecular weight excluding hydrogens is 268 g/mol. The molecule has 7 nitrogen and oxygen atoms in total.